The van der Waals surface area contributed by atoms with Crippen molar-refractivity contribution in [3.05, 3.63) is 61.8 Å². The van der Waals surface area contributed by atoms with Gasteiger partial charge in [0.15, 0.2) is 5.78 Å². The van der Waals surface area contributed by atoms with Gasteiger partial charge < -0.3 is 11.1 Å². The van der Waals surface area contributed by atoms with Crippen LogP contribution in [0.2, 0.25) is 0 Å². The second kappa shape index (κ2) is 8.37. The van der Waals surface area contributed by atoms with Gasteiger partial charge in [-0.2, -0.15) is 0 Å². The topological polar surface area (TPSA) is 99.1 Å². The Morgan fingerprint density at radius 3 is 2.10 bits per heavy atom. The van der Waals surface area contributed by atoms with Gasteiger partial charge in [0, 0.05) is 20.1 Å². The van der Waals surface area contributed by atoms with Crippen molar-refractivity contribution in [3.8, 4) is 0 Å². The molecule has 2 rings (SSSR count). The lowest BCUT2D eigenvalue weighted by molar-refractivity contribution is 0.0982. The number of carbonyl (C=O) groups is 1. The number of hydrogen-bond acceptors (Lipinski definition) is 5. The van der Waals surface area contributed by atoms with Crippen LogP contribution in [0.5, 0.6) is 0 Å². The number of hydrogen-bond donors (Lipinski definition) is 2. The van der Waals surface area contributed by atoms with Gasteiger partial charge in [-0.05, 0) is 22.5 Å². The van der Waals surface area contributed by atoms with Crippen LogP contribution in [0.25, 0.3) is 0 Å². The van der Waals surface area contributed by atoms with Gasteiger partial charge in [0.25, 0.3) is 5.56 Å². The predicted octanol–water partition coefficient (Wildman–Crippen LogP) is 2.13. The normalized spacial score (nSPS) is 13.0. The molecule has 0 spiro atoms. The summed E-state index contributed by atoms with van der Waals surface area (Å²) >= 11 is 0. The van der Waals surface area contributed by atoms with Crippen molar-refractivity contribution in [2.45, 2.75) is 46.1 Å². The van der Waals surface area contributed by atoms with E-state index in [-0.39, 0.29) is 35.3 Å². The molecule has 0 amide bonds. The Morgan fingerprint density at radius 2 is 1.62 bits per heavy atom. The number of Topliss-reactive ketones (excluding diaryl/α,β-unsaturated/α-hetero) is 1. The molecule has 3 N–H and O–H groups in total. The lowest BCUT2D eigenvalue weighted by Gasteiger charge is -2.25. The minimum atomic E-state index is -0.673. The fraction of sp³-hybridized carbons (Fsp3) is 0.500. The second-order valence-corrected chi connectivity index (χ2v) is 8.86. The fourth-order valence-corrected chi connectivity index (χ4v) is 3.34. The molecule has 1 unspecified atom stereocenters. The SMILES string of the molecule is CC(C)C(NCC(=O)c1c(N)n(C)c(=O)n(C)c1=O)c1ccc(C(C)(C)C)cc1. The number of benzene rings is 1. The highest BCUT2D eigenvalue weighted by atomic mass is 16.2. The summed E-state index contributed by atoms with van der Waals surface area (Å²) < 4.78 is 2.01. The van der Waals surface area contributed by atoms with Crippen molar-refractivity contribution in [2.75, 3.05) is 12.3 Å². The van der Waals surface area contributed by atoms with E-state index in [0.29, 0.717) is 0 Å². The monoisotopic (exact) mass is 400 g/mol. The quantitative estimate of drug-likeness (QED) is 0.724. The summed E-state index contributed by atoms with van der Waals surface area (Å²) in [5.74, 6) is -0.320. The summed E-state index contributed by atoms with van der Waals surface area (Å²) in [4.78, 5) is 37.1. The summed E-state index contributed by atoms with van der Waals surface area (Å²) in [5, 5.41) is 3.26. The average molecular weight is 401 g/mol. The Kier molecular flexibility index (Phi) is 6.53. The Balaban J connectivity index is 2.28. The van der Waals surface area contributed by atoms with E-state index in [0.717, 1.165) is 14.7 Å². The van der Waals surface area contributed by atoms with Gasteiger partial charge in [-0.25, -0.2) is 4.79 Å². The van der Waals surface area contributed by atoms with E-state index in [9.17, 15) is 14.4 Å². The molecule has 1 heterocycles. The minimum absolute atomic E-state index is 0.0541. The number of carbonyl (C=O) groups excluding carboxylic acids is 1. The van der Waals surface area contributed by atoms with Crippen LogP contribution in [0.1, 0.15) is 62.1 Å². The molecular weight excluding hydrogens is 368 g/mol. The number of nitrogen functional groups attached to an aromatic ring is 1. The minimum Gasteiger partial charge on any atom is -0.384 e. The average Bonchev–Trinajstić information content (AvgIpc) is 2.64. The van der Waals surface area contributed by atoms with Gasteiger partial charge in [-0.3, -0.25) is 18.7 Å². The Hall–Kier alpha value is -2.67. The maximum Gasteiger partial charge on any atom is 0.332 e. The number of nitrogens with two attached hydrogens (primary N) is 1. The number of aromatic nitrogens is 2. The van der Waals surface area contributed by atoms with Crippen molar-refractivity contribution in [3.63, 3.8) is 0 Å². The van der Waals surface area contributed by atoms with E-state index in [2.05, 4.69) is 64.2 Å². The van der Waals surface area contributed by atoms with Gasteiger partial charge in [-0.15, -0.1) is 0 Å². The molecule has 29 heavy (non-hydrogen) atoms. The first-order chi connectivity index (χ1) is 13.4. The molecule has 0 aliphatic rings. The molecule has 2 aromatic rings. The Bertz CT molecular complexity index is 1010. The number of ketones is 1. The molecule has 0 radical (unpaired) electrons. The number of rotatable bonds is 6. The van der Waals surface area contributed by atoms with Crippen LogP contribution in [-0.2, 0) is 19.5 Å². The van der Waals surface area contributed by atoms with Crippen LogP contribution < -0.4 is 22.3 Å². The first-order valence-corrected chi connectivity index (χ1v) is 9.78. The zero-order valence-electron chi connectivity index (χ0n) is 18.4. The molecule has 1 atom stereocenters. The summed E-state index contributed by atoms with van der Waals surface area (Å²) in [6, 6.07) is 8.29. The summed E-state index contributed by atoms with van der Waals surface area (Å²) in [6.45, 7) is 10.6. The molecule has 0 aliphatic heterocycles. The van der Waals surface area contributed by atoms with E-state index in [1.54, 1.807) is 0 Å². The van der Waals surface area contributed by atoms with Crippen molar-refractivity contribution in [1.29, 1.82) is 0 Å². The summed E-state index contributed by atoms with van der Waals surface area (Å²) in [6.07, 6.45) is 0. The zero-order valence-corrected chi connectivity index (χ0v) is 18.4. The first kappa shape index (κ1) is 22.6. The molecule has 7 nitrogen and oxygen atoms in total. The zero-order chi connectivity index (χ0) is 22.1. The highest BCUT2D eigenvalue weighted by molar-refractivity contribution is 6.01. The van der Waals surface area contributed by atoms with Gasteiger partial charge in [-0.1, -0.05) is 58.9 Å². The molecule has 0 aliphatic carbocycles. The van der Waals surface area contributed by atoms with Gasteiger partial charge in [0.1, 0.15) is 11.4 Å². The van der Waals surface area contributed by atoms with E-state index in [1.165, 1.54) is 19.7 Å². The summed E-state index contributed by atoms with van der Waals surface area (Å²) in [5.41, 5.74) is 6.87. The van der Waals surface area contributed by atoms with Crippen molar-refractivity contribution in [1.82, 2.24) is 14.5 Å². The Labute approximate surface area is 171 Å². The maximum atomic E-state index is 12.8. The van der Waals surface area contributed by atoms with Crippen LogP contribution in [0.4, 0.5) is 5.82 Å². The third kappa shape index (κ3) is 4.67. The number of nitrogens with one attached hydrogen (secondary N) is 1. The first-order valence-electron chi connectivity index (χ1n) is 9.78. The highest BCUT2D eigenvalue weighted by Gasteiger charge is 2.23. The molecule has 0 bridgehead atoms. The third-order valence-corrected chi connectivity index (χ3v) is 5.27. The molecule has 0 fully saturated rings. The molecular formula is C22H32N4O3. The molecule has 1 aromatic carbocycles. The molecule has 0 saturated carbocycles. The van der Waals surface area contributed by atoms with Crippen LogP contribution in [-0.4, -0.2) is 21.5 Å². The van der Waals surface area contributed by atoms with Gasteiger partial charge in [0.05, 0.1) is 6.54 Å². The fourth-order valence-electron chi connectivity index (χ4n) is 3.34. The third-order valence-electron chi connectivity index (χ3n) is 5.27. The van der Waals surface area contributed by atoms with E-state index < -0.39 is 17.0 Å². The van der Waals surface area contributed by atoms with Crippen LogP contribution in [0.15, 0.2) is 33.9 Å². The summed E-state index contributed by atoms with van der Waals surface area (Å²) in [7, 11) is 2.77. The van der Waals surface area contributed by atoms with Crippen LogP contribution in [0, 0.1) is 5.92 Å². The van der Waals surface area contributed by atoms with Crippen molar-refractivity contribution in [2.24, 2.45) is 20.0 Å². The lowest BCUT2D eigenvalue weighted by Crippen LogP contribution is -2.43. The second-order valence-electron chi connectivity index (χ2n) is 8.86. The van der Waals surface area contributed by atoms with Crippen molar-refractivity contribution < 1.29 is 4.79 Å². The Morgan fingerprint density at radius 1 is 1.07 bits per heavy atom. The van der Waals surface area contributed by atoms with Crippen LogP contribution >= 0.6 is 0 Å². The van der Waals surface area contributed by atoms with Crippen LogP contribution in [0.3, 0.4) is 0 Å². The number of nitrogens with zero attached hydrogens (tertiary/aromatic N) is 2. The molecule has 158 valence electrons. The molecule has 0 saturated heterocycles. The predicted molar refractivity (Wildman–Crippen MR) is 116 cm³/mol. The van der Waals surface area contributed by atoms with E-state index in [1.807, 2.05) is 0 Å². The van der Waals surface area contributed by atoms with E-state index >= 15 is 0 Å². The van der Waals surface area contributed by atoms with Crippen molar-refractivity contribution >= 4 is 11.6 Å². The highest BCUT2D eigenvalue weighted by Crippen LogP contribution is 2.26. The smallest absolute Gasteiger partial charge is 0.332 e. The number of anilines is 1. The largest absolute Gasteiger partial charge is 0.384 e. The standard InChI is InChI=1S/C22H32N4O3/c1-13(2)18(14-8-10-15(11-9-14)22(3,4)5)24-12-16(27)17-19(23)25(6)21(29)26(7)20(17)28/h8-11,13,18,24H,12,23H2,1-7H3. The lowest BCUT2D eigenvalue weighted by atomic mass is 9.85. The molecule has 1 aromatic heterocycles. The molecule has 7 heteroatoms. The van der Waals surface area contributed by atoms with Gasteiger partial charge >= 0.3 is 5.69 Å². The van der Waals surface area contributed by atoms with Gasteiger partial charge in [0.2, 0.25) is 0 Å². The van der Waals surface area contributed by atoms with E-state index in [4.69, 9.17) is 5.73 Å². The maximum absolute atomic E-state index is 12.8.